The van der Waals surface area contributed by atoms with Crippen molar-refractivity contribution in [1.82, 2.24) is 14.1 Å². The van der Waals surface area contributed by atoms with E-state index in [0.717, 1.165) is 11.8 Å². The molecule has 0 aliphatic carbocycles. The smallest absolute Gasteiger partial charge is 0.211 e. The summed E-state index contributed by atoms with van der Waals surface area (Å²) in [6.45, 7) is 5.25. The van der Waals surface area contributed by atoms with Gasteiger partial charge in [0.25, 0.3) is 0 Å². The van der Waals surface area contributed by atoms with Gasteiger partial charge in [0.2, 0.25) is 10.0 Å². The number of sulfonamides is 1. The molecule has 2 heterocycles. The molecule has 3 aromatic rings. The quantitative estimate of drug-likeness (QED) is 0.683. The number of benzene rings is 2. The predicted molar refractivity (Wildman–Crippen MR) is 110 cm³/mol. The fourth-order valence-corrected chi connectivity index (χ4v) is 4.91. The van der Waals surface area contributed by atoms with Gasteiger partial charge in [-0.25, -0.2) is 21.9 Å². The van der Waals surface area contributed by atoms with Crippen molar-refractivity contribution in [2.45, 2.75) is 19.4 Å². The van der Waals surface area contributed by atoms with Crippen LogP contribution in [-0.4, -0.2) is 59.0 Å². The Labute approximate surface area is 173 Å². The van der Waals surface area contributed by atoms with Gasteiger partial charge < -0.3 is 10.0 Å². The van der Waals surface area contributed by atoms with Gasteiger partial charge in [0.15, 0.2) is 17.4 Å². The Bertz CT molecular complexity index is 1220. The van der Waals surface area contributed by atoms with E-state index in [2.05, 4.69) is 10.00 Å². The summed E-state index contributed by atoms with van der Waals surface area (Å²) in [5.74, 6) is -3.14. The van der Waals surface area contributed by atoms with E-state index >= 15 is 0 Å². The number of hydrogen-bond acceptors (Lipinski definition) is 5. The topological polar surface area (TPSA) is 78.7 Å². The zero-order valence-corrected chi connectivity index (χ0v) is 17.6. The molecule has 1 N–H and O–H groups in total. The molecule has 0 amide bonds. The number of fused-ring (bicyclic) bond motifs is 1. The molecule has 0 saturated carbocycles. The molecular formula is C20H22F2N4O3S. The van der Waals surface area contributed by atoms with Crippen molar-refractivity contribution in [3.63, 3.8) is 0 Å². The largest absolute Gasteiger partial charge is 0.503 e. The number of aromatic hydroxyl groups is 1. The molecule has 7 nitrogen and oxygen atoms in total. The first-order valence-electron chi connectivity index (χ1n) is 9.37. The maximum Gasteiger partial charge on any atom is 0.211 e. The van der Waals surface area contributed by atoms with Crippen molar-refractivity contribution in [2.75, 3.05) is 30.8 Å². The molecule has 0 atom stereocenters. The molecule has 0 unspecified atom stereocenters. The molecule has 1 aromatic heterocycles. The van der Waals surface area contributed by atoms with E-state index < -0.39 is 32.9 Å². The van der Waals surface area contributed by atoms with Crippen LogP contribution in [0.25, 0.3) is 16.6 Å². The van der Waals surface area contributed by atoms with Gasteiger partial charge >= 0.3 is 0 Å². The first-order chi connectivity index (χ1) is 14.0. The van der Waals surface area contributed by atoms with E-state index in [1.807, 2.05) is 26.0 Å². The maximum atomic E-state index is 14.4. The van der Waals surface area contributed by atoms with Crippen LogP contribution < -0.4 is 4.90 Å². The molecule has 0 bridgehead atoms. The highest BCUT2D eigenvalue weighted by Crippen LogP contribution is 2.32. The molecule has 1 aliphatic rings. The molecular weight excluding hydrogens is 414 g/mol. The molecule has 160 valence electrons. The summed E-state index contributed by atoms with van der Waals surface area (Å²) in [6.07, 6.45) is 2.55. The Morgan fingerprint density at radius 3 is 2.33 bits per heavy atom. The zero-order valence-electron chi connectivity index (χ0n) is 16.8. The lowest BCUT2D eigenvalue weighted by Crippen LogP contribution is -2.60. The summed E-state index contributed by atoms with van der Waals surface area (Å²) >= 11 is 0. The van der Waals surface area contributed by atoms with Crippen LogP contribution in [0.4, 0.5) is 14.5 Å². The summed E-state index contributed by atoms with van der Waals surface area (Å²) in [5, 5.41) is 14.0. The van der Waals surface area contributed by atoms with E-state index in [1.165, 1.54) is 21.4 Å². The average Bonchev–Trinajstić information content (AvgIpc) is 3.08. The SMILES string of the molecule is CC1(C)CN(S(C)(=O)=O)CCN1c1ccc(-n2ncc3cc(F)c(O)c(F)c32)cc1. The lowest BCUT2D eigenvalue weighted by atomic mass is 9.99. The third-order valence-corrected chi connectivity index (χ3v) is 6.71. The van der Waals surface area contributed by atoms with Gasteiger partial charge in [0, 0.05) is 36.2 Å². The lowest BCUT2D eigenvalue weighted by molar-refractivity contribution is 0.275. The van der Waals surface area contributed by atoms with Gasteiger partial charge in [0.05, 0.1) is 18.1 Å². The van der Waals surface area contributed by atoms with Gasteiger partial charge in [-0.15, -0.1) is 0 Å². The van der Waals surface area contributed by atoms with Crippen LogP contribution >= 0.6 is 0 Å². The first kappa shape index (κ1) is 20.5. The summed E-state index contributed by atoms with van der Waals surface area (Å²) in [7, 11) is -3.26. The van der Waals surface area contributed by atoms with Crippen molar-refractivity contribution in [2.24, 2.45) is 0 Å². The predicted octanol–water partition coefficient (Wildman–Crippen LogP) is 2.87. The van der Waals surface area contributed by atoms with Crippen LogP contribution in [0.1, 0.15) is 13.8 Å². The molecule has 4 rings (SSSR count). The Kier molecular flexibility index (Phi) is 4.74. The third-order valence-electron chi connectivity index (χ3n) is 5.46. The summed E-state index contributed by atoms with van der Waals surface area (Å²) in [5.41, 5.74) is 1.01. The number of hydrogen-bond donors (Lipinski definition) is 1. The number of aromatic nitrogens is 2. The number of anilines is 1. The van der Waals surface area contributed by atoms with Crippen molar-refractivity contribution in [1.29, 1.82) is 0 Å². The Balaban J connectivity index is 1.66. The normalized spacial score (nSPS) is 17.6. The van der Waals surface area contributed by atoms with Crippen LogP contribution in [0.2, 0.25) is 0 Å². The fraction of sp³-hybridized carbons (Fsp3) is 0.350. The molecule has 30 heavy (non-hydrogen) atoms. The maximum absolute atomic E-state index is 14.4. The summed E-state index contributed by atoms with van der Waals surface area (Å²) in [6, 6.07) is 8.24. The average molecular weight is 436 g/mol. The van der Waals surface area contributed by atoms with Gasteiger partial charge in [-0.1, -0.05) is 0 Å². The van der Waals surface area contributed by atoms with E-state index in [-0.39, 0.29) is 10.9 Å². The lowest BCUT2D eigenvalue weighted by Gasteiger charge is -2.47. The molecule has 10 heteroatoms. The second-order valence-electron chi connectivity index (χ2n) is 8.09. The van der Waals surface area contributed by atoms with Crippen molar-refractivity contribution in [3.8, 4) is 11.4 Å². The third kappa shape index (κ3) is 3.39. The Hall–Kier alpha value is -2.72. The molecule has 0 radical (unpaired) electrons. The van der Waals surface area contributed by atoms with Crippen LogP contribution in [0.3, 0.4) is 0 Å². The van der Waals surface area contributed by atoms with Crippen LogP contribution in [0.15, 0.2) is 36.5 Å². The van der Waals surface area contributed by atoms with Gasteiger partial charge in [-0.05, 0) is 44.2 Å². The number of piperazine rings is 1. The number of phenolic OH excluding ortho intramolecular Hbond substituents is 1. The highest BCUT2D eigenvalue weighted by atomic mass is 32.2. The van der Waals surface area contributed by atoms with E-state index in [9.17, 15) is 22.3 Å². The second kappa shape index (κ2) is 6.92. The minimum atomic E-state index is -3.26. The second-order valence-corrected chi connectivity index (χ2v) is 10.1. The van der Waals surface area contributed by atoms with Crippen molar-refractivity contribution in [3.05, 3.63) is 48.2 Å². The monoisotopic (exact) mass is 436 g/mol. The van der Waals surface area contributed by atoms with Crippen LogP contribution in [0.5, 0.6) is 5.75 Å². The summed E-state index contributed by atoms with van der Waals surface area (Å²) < 4.78 is 54.6. The van der Waals surface area contributed by atoms with E-state index in [0.29, 0.717) is 25.3 Å². The number of phenols is 1. The minimum Gasteiger partial charge on any atom is -0.503 e. The number of rotatable bonds is 3. The van der Waals surface area contributed by atoms with Crippen LogP contribution in [-0.2, 0) is 10.0 Å². The fourth-order valence-electron chi connectivity index (χ4n) is 3.95. The Morgan fingerprint density at radius 2 is 1.73 bits per heavy atom. The van der Waals surface area contributed by atoms with Crippen LogP contribution in [0, 0.1) is 11.6 Å². The van der Waals surface area contributed by atoms with Crippen molar-refractivity contribution >= 4 is 26.6 Å². The minimum absolute atomic E-state index is 0.0104. The van der Waals surface area contributed by atoms with E-state index in [1.54, 1.807) is 12.1 Å². The standard InChI is InChI=1S/C20H22F2N4O3S/c1-20(2)12-24(30(3,28)29)8-9-25(20)14-4-6-15(7-5-14)26-18-13(11-23-26)10-16(21)19(27)17(18)22/h4-7,10-11,27H,8-9,12H2,1-3H3. The van der Waals surface area contributed by atoms with Gasteiger partial charge in [-0.2, -0.15) is 9.40 Å². The Morgan fingerprint density at radius 1 is 1.10 bits per heavy atom. The highest BCUT2D eigenvalue weighted by molar-refractivity contribution is 7.88. The molecule has 1 fully saturated rings. The molecule has 0 spiro atoms. The van der Waals surface area contributed by atoms with E-state index in [4.69, 9.17) is 0 Å². The van der Waals surface area contributed by atoms with Gasteiger partial charge in [-0.3, -0.25) is 0 Å². The van der Waals surface area contributed by atoms with Crippen molar-refractivity contribution < 1.29 is 22.3 Å². The molecule has 1 saturated heterocycles. The molecule has 1 aliphatic heterocycles. The summed E-state index contributed by atoms with van der Waals surface area (Å²) in [4.78, 5) is 2.13. The number of halogens is 2. The number of nitrogens with zero attached hydrogens (tertiary/aromatic N) is 4. The first-order valence-corrected chi connectivity index (χ1v) is 11.2. The zero-order chi connectivity index (χ0) is 21.8. The highest BCUT2D eigenvalue weighted by Gasteiger charge is 2.37. The van der Waals surface area contributed by atoms with Gasteiger partial charge in [0.1, 0.15) is 5.52 Å². The molecule has 2 aromatic carbocycles.